The van der Waals surface area contributed by atoms with Crippen LogP contribution in [-0.2, 0) is 17.8 Å². The summed E-state index contributed by atoms with van der Waals surface area (Å²) < 4.78 is 0. The fourth-order valence-corrected chi connectivity index (χ4v) is 2.78. The number of nitrogens with zero attached hydrogens (tertiary/aromatic N) is 1. The summed E-state index contributed by atoms with van der Waals surface area (Å²) in [6, 6.07) is 4.78. The smallest absolute Gasteiger partial charge is 0.335 e. The zero-order valence-corrected chi connectivity index (χ0v) is 12.3. The van der Waals surface area contributed by atoms with Crippen LogP contribution < -0.4 is 5.73 Å². The summed E-state index contributed by atoms with van der Waals surface area (Å²) in [4.78, 5) is 25.3. The van der Waals surface area contributed by atoms with Crippen molar-refractivity contribution in [1.82, 2.24) is 4.90 Å². The van der Waals surface area contributed by atoms with Crippen LogP contribution in [0.1, 0.15) is 47.7 Å². The van der Waals surface area contributed by atoms with Crippen molar-refractivity contribution in [3.8, 4) is 0 Å². The molecule has 0 fully saturated rings. The molecule has 21 heavy (non-hydrogen) atoms. The van der Waals surface area contributed by atoms with Crippen LogP contribution in [-0.4, -0.2) is 34.5 Å². The fourth-order valence-electron chi connectivity index (χ4n) is 2.78. The second-order valence-electron chi connectivity index (χ2n) is 5.51. The van der Waals surface area contributed by atoms with E-state index in [1.54, 1.807) is 17.0 Å². The first-order chi connectivity index (χ1) is 10.0. The molecule has 0 spiro atoms. The van der Waals surface area contributed by atoms with E-state index in [9.17, 15) is 14.7 Å². The molecule has 3 N–H and O–H groups in total. The molecule has 5 heteroatoms. The number of carboxylic acid groups (broad SMARTS) is 1. The van der Waals surface area contributed by atoms with Crippen molar-refractivity contribution in [3.63, 3.8) is 0 Å². The van der Waals surface area contributed by atoms with Crippen molar-refractivity contribution in [2.24, 2.45) is 5.73 Å². The Morgan fingerprint density at radius 3 is 2.86 bits per heavy atom. The molecule has 0 aliphatic carbocycles. The Morgan fingerprint density at radius 2 is 2.19 bits per heavy atom. The number of aromatic carboxylic acids is 1. The Labute approximate surface area is 124 Å². The van der Waals surface area contributed by atoms with Gasteiger partial charge in [-0.15, -0.1) is 0 Å². The van der Waals surface area contributed by atoms with Crippen LogP contribution in [0.4, 0.5) is 0 Å². The molecular weight excluding hydrogens is 268 g/mol. The largest absolute Gasteiger partial charge is 0.478 e. The van der Waals surface area contributed by atoms with E-state index >= 15 is 0 Å². The average Bonchev–Trinajstić information content (AvgIpc) is 2.50. The Kier molecular flexibility index (Phi) is 4.96. The molecule has 1 atom stereocenters. The SMILES string of the molecule is CCCCC(N)C(=O)N1CCc2c(cccc2C(=O)O)C1. The summed E-state index contributed by atoms with van der Waals surface area (Å²) in [5, 5.41) is 9.20. The first-order valence-corrected chi connectivity index (χ1v) is 7.43. The summed E-state index contributed by atoms with van der Waals surface area (Å²) >= 11 is 0. The van der Waals surface area contributed by atoms with Crippen molar-refractivity contribution in [1.29, 1.82) is 0 Å². The van der Waals surface area contributed by atoms with Gasteiger partial charge in [0.1, 0.15) is 0 Å². The van der Waals surface area contributed by atoms with Crippen LogP contribution in [0.3, 0.4) is 0 Å². The summed E-state index contributed by atoms with van der Waals surface area (Å²) in [7, 11) is 0. The van der Waals surface area contributed by atoms with Crippen molar-refractivity contribution in [2.45, 2.75) is 45.2 Å². The standard InChI is InChI=1S/C16H22N2O3/c1-2-3-7-14(17)15(19)18-9-8-12-11(10-18)5-4-6-13(12)16(20)21/h4-6,14H,2-3,7-10,17H2,1H3,(H,20,21). The van der Waals surface area contributed by atoms with Gasteiger partial charge in [0, 0.05) is 13.1 Å². The molecule has 0 saturated carbocycles. The van der Waals surface area contributed by atoms with Crippen LogP contribution in [0.2, 0.25) is 0 Å². The molecule has 1 heterocycles. The minimum absolute atomic E-state index is 0.0326. The Morgan fingerprint density at radius 1 is 1.43 bits per heavy atom. The predicted molar refractivity (Wildman–Crippen MR) is 80.0 cm³/mol. The summed E-state index contributed by atoms with van der Waals surface area (Å²) in [6.07, 6.45) is 3.24. The lowest BCUT2D eigenvalue weighted by atomic mass is 9.94. The van der Waals surface area contributed by atoms with Crippen molar-refractivity contribution >= 4 is 11.9 Å². The van der Waals surface area contributed by atoms with Gasteiger partial charge in [0.2, 0.25) is 5.91 Å². The summed E-state index contributed by atoms with van der Waals surface area (Å²) in [6.45, 7) is 3.06. The highest BCUT2D eigenvalue weighted by Crippen LogP contribution is 2.23. The number of hydrogen-bond donors (Lipinski definition) is 2. The van der Waals surface area contributed by atoms with E-state index in [0.29, 0.717) is 31.5 Å². The predicted octanol–water partition coefficient (Wildman–Crippen LogP) is 1.79. The topological polar surface area (TPSA) is 83.6 Å². The summed E-state index contributed by atoms with van der Waals surface area (Å²) in [5.41, 5.74) is 8.05. The third-order valence-corrected chi connectivity index (χ3v) is 3.99. The van der Waals surface area contributed by atoms with E-state index in [0.717, 1.165) is 24.0 Å². The molecule has 1 unspecified atom stereocenters. The Bertz CT molecular complexity index is 542. The number of carboxylic acids is 1. The van der Waals surface area contributed by atoms with Crippen LogP contribution in [0, 0.1) is 0 Å². The van der Waals surface area contributed by atoms with Gasteiger partial charge in [-0.25, -0.2) is 4.79 Å². The van der Waals surface area contributed by atoms with Crippen LogP contribution in [0.5, 0.6) is 0 Å². The maximum absolute atomic E-state index is 12.3. The molecular formula is C16H22N2O3. The molecule has 1 amide bonds. The molecule has 1 aliphatic heterocycles. The van der Waals surface area contributed by atoms with Crippen LogP contribution in [0.15, 0.2) is 18.2 Å². The number of carbonyl (C=O) groups excluding carboxylic acids is 1. The maximum atomic E-state index is 12.3. The normalized spacial score (nSPS) is 15.4. The Hall–Kier alpha value is -1.88. The second kappa shape index (κ2) is 6.72. The van der Waals surface area contributed by atoms with Crippen molar-refractivity contribution in [2.75, 3.05) is 6.54 Å². The van der Waals surface area contributed by atoms with E-state index in [4.69, 9.17) is 5.73 Å². The zero-order valence-electron chi connectivity index (χ0n) is 12.3. The molecule has 5 nitrogen and oxygen atoms in total. The van der Waals surface area contributed by atoms with Gasteiger partial charge >= 0.3 is 5.97 Å². The van der Waals surface area contributed by atoms with Gasteiger partial charge in [-0.3, -0.25) is 4.79 Å². The van der Waals surface area contributed by atoms with E-state index in [2.05, 4.69) is 6.92 Å². The van der Waals surface area contributed by atoms with Crippen molar-refractivity contribution in [3.05, 3.63) is 34.9 Å². The number of benzene rings is 1. The van der Waals surface area contributed by atoms with Crippen molar-refractivity contribution < 1.29 is 14.7 Å². The molecule has 0 radical (unpaired) electrons. The molecule has 1 aliphatic rings. The highest BCUT2D eigenvalue weighted by molar-refractivity contribution is 5.90. The third kappa shape index (κ3) is 3.42. The number of unbranched alkanes of at least 4 members (excludes halogenated alkanes) is 1. The minimum Gasteiger partial charge on any atom is -0.478 e. The molecule has 2 rings (SSSR count). The number of nitrogens with two attached hydrogens (primary N) is 1. The quantitative estimate of drug-likeness (QED) is 0.866. The fraction of sp³-hybridized carbons (Fsp3) is 0.500. The van der Waals surface area contributed by atoms with Crippen LogP contribution >= 0.6 is 0 Å². The first-order valence-electron chi connectivity index (χ1n) is 7.43. The number of hydrogen-bond acceptors (Lipinski definition) is 3. The zero-order chi connectivity index (χ0) is 15.4. The van der Waals surface area contributed by atoms with Gasteiger partial charge in [-0.1, -0.05) is 31.9 Å². The van der Waals surface area contributed by atoms with E-state index in [-0.39, 0.29) is 5.91 Å². The number of amides is 1. The molecule has 0 saturated heterocycles. The first kappa shape index (κ1) is 15.5. The molecule has 0 aromatic heterocycles. The average molecular weight is 290 g/mol. The number of fused-ring (bicyclic) bond motifs is 1. The lowest BCUT2D eigenvalue weighted by Crippen LogP contribution is -2.46. The van der Waals surface area contributed by atoms with Crippen LogP contribution in [0.25, 0.3) is 0 Å². The van der Waals surface area contributed by atoms with Gasteiger partial charge in [-0.2, -0.15) is 0 Å². The molecule has 1 aromatic carbocycles. The van der Waals surface area contributed by atoms with Gasteiger partial charge in [0.05, 0.1) is 11.6 Å². The highest BCUT2D eigenvalue weighted by Gasteiger charge is 2.26. The number of rotatable bonds is 5. The third-order valence-electron chi connectivity index (χ3n) is 3.99. The summed E-state index contributed by atoms with van der Waals surface area (Å²) in [5.74, 6) is -0.943. The molecule has 1 aromatic rings. The van der Waals surface area contributed by atoms with Gasteiger partial charge in [0.25, 0.3) is 0 Å². The van der Waals surface area contributed by atoms with E-state index in [1.807, 2.05) is 6.07 Å². The van der Waals surface area contributed by atoms with E-state index in [1.165, 1.54) is 0 Å². The number of carbonyl (C=O) groups is 2. The van der Waals surface area contributed by atoms with Gasteiger partial charge in [-0.05, 0) is 30.0 Å². The second-order valence-corrected chi connectivity index (χ2v) is 5.51. The van der Waals surface area contributed by atoms with Gasteiger partial charge in [0.15, 0.2) is 0 Å². The monoisotopic (exact) mass is 290 g/mol. The van der Waals surface area contributed by atoms with Gasteiger partial charge < -0.3 is 15.7 Å². The van der Waals surface area contributed by atoms with E-state index < -0.39 is 12.0 Å². The molecule has 114 valence electrons. The maximum Gasteiger partial charge on any atom is 0.335 e. The lowest BCUT2D eigenvalue weighted by molar-refractivity contribution is -0.133. The lowest BCUT2D eigenvalue weighted by Gasteiger charge is -2.31. The molecule has 0 bridgehead atoms. The Balaban J connectivity index is 2.11. The minimum atomic E-state index is -0.911. The highest BCUT2D eigenvalue weighted by atomic mass is 16.4.